The summed E-state index contributed by atoms with van der Waals surface area (Å²) in [5.41, 5.74) is 0.235. The Kier molecular flexibility index (Phi) is 5.11. The van der Waals surface area contributed by atoms with Crippen LogP contribution in [0.5, 0.6) is 0 Å². The summed E-state index contributed by atoms with van der Waals surface area (Å²) >= 11 is 0. The molecule has 1 heterocycles. The van der Waals surface area contributed by atoms with Gasteiger partial charge in [0.25, 0.3) is 0 Å². The Balaban J connectivity index is 2.71. The van der Waals surface area contributed by atoms with Crippen molar-refractivity contribution in [2.45, 2.75) is 24.7 Å². The van der Waals surface area contributed by atoms with E-state index in [1.165, 1.54) is 19.4 Å². The van der Waals surface area contributed by atoms with Gasteiger partial charge in [-0.25, -0.2) is 9.78 Å². The minimum absolute atomic E-state index is 0.235. The van der Waals surface area contributed by atoms with Gasteiger partial charge in [-0.1, -0.05) is 13.3 Å². The molecule has 0 saturated carbocycles. The lowest BCUT2D eigenvalue weighted by atomic mass is 10.3. The van der Waals surface area contributed by atoms with E-state index in [9.17, 15) is 9.00 Å². The van der Waals surface area contributed by atoms with E-state index < -0.39 is 16.8 Å². The number of hydrogen-bond donors (Lipinski definition) is 0. The smallest absolute Gasteiger partial charge is 0.356 e. The lowest BCUT2D eigenvalue weighted by molar-refractivity contribution is 0.0594. The second-order valence-corrected chi connectivity index (χ2v) is 4.84. The van der Waals surface area contributed by atoms with Gasteiger partial charge in [0.15, 0.2) is 0 Å². The lowest BCUT2D eigenvalue weighted by Crippen LogP contribution is -2.05. The Morgan fingerprint density at radius 2 is 2.25 bits per heavy atom. The number of pyridine rings is 1. The zero-order chi connectivity index (χ0) is 12.0. The number of methoxy groups -OCH3 is 1. The number of unbranched alkanes of at least 4 members (excludes halogenated alkanes) is 1. The number of esters is 1. The normalized spacial score (nSPS) is 12.1. The number of nitrogens with zero attached hydrogens (tertiary/aromatic N) is 1. The van der Waals surface area contributed by atoms with Crippen molar-refractivity contribution in [3.8, 4) is 0 Å². The van der Waals surface area contributed by atoms with Crippen LogP contribution < -0.4 is 0 Å². The average molecular weight is 241 g/mol. The van der Waals surface area contributed by atoms with Gasteiger partial charge in [-0.05, 0) is 18.6 Å². The summed E-state index contributed by atoms with van der Waals surface area (Å²) in [6.45, 7) is 2.05. The van der Waals surface area contributed by atoms with Gasteiger partial charge in [-0.3, -0.25) is 4.21 Å². The van der Waals surface area contributed by atoms with Gasteiger partial charge < -0.3 is 4.74 Å². The second kappa shape index (κ2) is 6.37. The van der Waals surface area contributed by atoms with Crippen LogP contribution in [0.15, 0.2) is 23.2 Å². The summed E-state index contributed by atoms with van der Waals surface area (Å²) < 4.78 is 16.2. The van der Waals surface area contributed by atoms with Crippen molar-refractivity contribution in [2.24, 2.45) is 0 Å². The summed E-state index contributed by atoms with van der Waals surface area (Å²) in [4.78, 5) is 15.7. The average Bonchev–Trinajstić information content (AvgIpc) is 2.35. The zero-order valence-electron chi connectivity index (χ0n) is 9.43. The summed E-state index contributed by atoms with van der Waals surface area (Å²) in [7, 11) is 0.282. The molecule has 0 aromatic carbocycles. The van der Waals surface area contributed by atoms with Crippen LogP contribution in [0.1, 0.15) is 30.3 Å². The molecular formula is C11H15NO3S. The van der Waals surface area contributed by atoms with Crippen LogP contribution in [0, 0.1) is 0 Å². The monoisotopic (exact) mass is 241 g/mol. The van der Waals surface area contributed by atoms with Gasteiger partial charge in [-0.15, -0.1) is 0 Å². The van der Waals surface area contributed by atoms with Gasteiger partial charge in [0.2, 0.25) is 0 Å². The maximum Gasteiger partial charge on any atom is 0.356 e. The van der Waals surface area contributed by atoms with E-state index in [2.05, 4.69) is 16.6 Å². The van der Waals surface area contributed by atoms with Gasteiger partial charge in [0, 0.05) is 11.9 Å². The van der Waals surface area contributed by atoms with Crippen molar-refractivity contribution < 1.29 is 13.7 Å². The van der Waals surface area contributed by atoms with E-state index in [-0.39, 0.29) is 5.69 Å². The number of hydrogen-bond acceptors (Lipinski definition) is 4. The van der Waals surface area contributed by atoms with E-state index in [0.717, 1.165) is 12.8 Å². The molecule has 4 nitrogen and oxygen atoms in total. The quantitative estimate of drug-likeness (QED) is 0.737. The number of aromatic nitrogens is 1. The summed E-state index contributed by atoms with van der Waals surface area (Å²) in [5.74, 6) is 0.154. The van der Waals surface area contributed by atoms with Crippen molar-refractivity contribution in [1.29, 1.82) is 0 Å². The predicted molar refractivity (Wildman–Crippen MR) is 61.8 cm³/mol. The summed E-state index contributed by atoms with van der Waals surface area (Å²) in [5, 5.41) is 0. The first-order valence-electron chi connectivity index (χ1n) is 5.11. The van der Waals surface area contributed by atoms with E-state index in [0.29, 0.717) is 10.6 Å². The molecule has 0 bridgehead atoms. The molecule has 0 radical (unpaired) electrons. The molecule has 0 N–H and O–H groups in total. The van der Waals surface area contributed by atoms with Crippen molar-refractivity contribution in [1.82, 2.24) is 4.98 Å². The third-order valence-electron chi connectivity index (χ3n) is 2.08. The van der Waals surface area contributed by atoms with Crippen molar-refractivity contribution >= 4 is 16.8 Å². The molecule has 88 valence electrons. The third kappa shape index (κ3) is 3.41. The highest BCUT2D eigenvalue weighted by Gasteiger charge is 2.08. The first kappa shape index (κ1) is 12.8. The number of carbonyl (C=O) groups excluding carboxylic acids is 1. The molecule has 0 spiro atoms. The molecule has 1 aromatic heterocycles. The number of rotatable bonds is 5. The Morgan fingerprint density at radius 3 is 2.75 bits per heavy atom. The van der Waals surface area contributed by atoms with E-state index >= 15 is 0 Å². The van der Waals surface area contributed by atoms with E-state index in [4.69, 9.17) is 0 Å². The van der Waals surface area contributed by atoms with Gasteiger partial charge in [0.05, 0.1) is 22.8 Å². The van der Waals surface area contributed by atoms with Crippen molar-refractivity contribution in [3.05, 3.63) is 24.0 Å². The molecule has 0 aliphatic carbocycles. The van der Waals surface area contributed by atoms with Crippen LogP contribution >= 0.6 is 0 Å². The highest BCUT2D eigenvalue weighted by Crippen LogP contribution is 2.08. The summed E-state index contributed by atoms with van der Waals surface area (Å²) in [6.07, 6.45) is 3.41. The molecule has 0 aliphatic rings. The van der Waals surface area contributed by atoms with Gasteiger partial charge in [0.1, 0.15) is 5.69 Å². The molecule has 1 unspecified atom stereocenters. The molecule has 5 heteroatoms. The largest absolute Gasteiger partial charge is 0.464 e. The summed E-state index contributed by atoms with van der Waals surface area (Å²) in [6, 6.07) is 3.19. The SMILES string of the molecule is CCCCS(=O)c1ccc(C(=O)OC)nc1. The molecule has 16 heavy (non-hydrogen) atoms. The van der Waals surface area contributed by atoms with Crippen LogP contribution in [0.25, 0.3) is 0 Å². The third-order valence-corrected chi connectivity index (χ3v) is 3.50. The Bertz CT molecular complexity index is 375. The fraction of sp³-hybridized carbons (Fsp3) is 0.455. The number of carbonyl (C=O) groups is 1. The topological polar surface area (TPSA) is 56.3 Å². The van der Waals surface area contributed by atoms with E-state index in [1.807, 2.05) is 0 Å². The molecule has 0 amide bonds. The molecule has 0 fully saturated rings. The van der Waals surface area contributed by atoms with E-state index in [1.54, 1.807) is 6.07 Å². The minimum Gasteiger partial charge on any atom is -0.464 e. The highest BCUT2D eigenvalue weighted by atomic mass is 32.2. The van der Waals surface area contributed by atoms with Crippen LogP contribution in [0.3, 0.4) is 0 Å². The van der Waals surface area contributed by atoms with Crippen LogP contribution in [-0.2, 0) is 15.5 Å². The Morgan fingerprint density at radius 1 is 1.50 bits per heavy atom. The first-order valence-corrected chi connectivity index (χ1v) is 6.43. The van der Waals surface area contributed by atoms with Crippen molar-refractivity contribution in [2.75, 3.05) is 12.9 Å². The lowest BCUT2D eigenvalue weighted by Gasteiger charge is -2.02. The van der Waals surface area contributed by atoms with Gasteiger partial charge >= 0.3 is 5.97 Å². The maximum atomic E-state index is 11.7. The molecule has 1 atom stereocenters. The zero-order valence-corrected chi connectivity index (χ0v) is 10.3. The maximum absolute atomic E-state index is 11.7. The number of ether oxygens (including phenoxy) is 1. The fourth-order valence-electron chi connectivity index (χ4n) is 1.13. The van der Waals surface area contributed by atoms with Crippen LogP contribution in [0.4, 0.5) is 0 Å². The van der Waals surface area contributed by atoms with Gasteiger partial charge in [-0.2, -0.15) is 0 Å². The first-order chi connectivity index (χ1) is 7.69. The Labute approximate surface area is 97.5 Å². The molecule has 1 rings (SSSR count). The molecule has 0 aliphatic heterocycles. The molecule has 0 saturated heterocycles. The standard InChI is InChI=1S/C11H15NO3S/c1-3-4-7-16(14)9-5-6-10(12-8-9)11(13)15-2/h5-6,8H,3-4,7H2,1-2H3. The Hall–Kier alpha value is -1.23. The van der Waals surface area contributed by atoms with Crippen molar-refractivity contribution in [3.63, 3.8) is 0 Å². The molecular weight excluding hydrogens is 226 g/mol. The van der Waals surface area contributed by atoms with Crippen LogP contribution in [0.2, 0.25) is 0 Å². The fourth-order valence-corrected chi connectivity index (χ4v) is 2.31. The second-order valence-electron chi connectivity index (χ2n) is 3.27. The van der Waals surface area contributed by atoms with Crippen LogP contribution in [-0.4, -0.2) is 28.0 Å². The predicted octanol–water partition coefficient (Wildman–Crippen LogP) is 1.78. The molecule has 1 aromatic rings. The minimum atomic E-state index is -1.02. The highest BCUT2D eigenvalue weighted by molar-refractivity contribution is 7.85.